The number of piperidine rings is 1. The Labute approximate surface area is 284 Å². The molecule has 1 saturated heterocycles. The first-order valence-electron chi connectivity index (χ1n) is 17.0. The molecule has 1 amide bonds. The molecule has 0 aliphatic carbocycles. The molecule has 3 aromatic carbocycles. The average Bonchev–Trinajstić information content (AvgIpc) is 3.12. The van der Waals surface area contributed by atoms with Crippen LogP contribution in [0.2, 0.25) is 0 Å². The molecule has 0 aromatic heterocycles. The van der Waals surface area contributed by atoms with Crippen LogP contribution in [-0.4, -0.2) is 94.6 Å². The van der Waals surface area contributed by atoms with E-state index >= 15 is 0 Å². The summed E-state index contributed by atoms with van der Waals surface area (Å²) in [7, 11) is 3.44. The Morgan fingerprint density at radius 1 is 0.958 bits per heavy atom. The summed E-state index contributed by atoms with van der Waals surface area (Å²) in [4.78, 5) is 17.1. The number of aliphatic hydroxyl groups excluding tert-OH is 1. The fraction of sp³-hybridized carbons (Fsp3) is 0.500. The number of β-amino-alcohol motifs (C(OH)–C–C–N with tert-alkyl or cyclic N) is 1. The molecule has 5 rings (SSSR count). The minimum Gasteiger partial charge on any atom is -0.494 e. The zero-order valence-corrected chi connectivity index (χ0v) is 28.4. The summed E-state index contributed by atoms with van der Waals surface area (Å²) in [6, 6.07) is 23.5. The van der Waals surface area contributed by atoms with Crippen LogP contribution in [0, 0.1) is 0 Å². The van der Waals surface area contributed by atoms with Crippen molar-refractivity contribution in [3.63, 3.8) is 0 Å². The number of hydrogen-bond donors (Lipinski definition) is 1. The monoisotopic (exact) mass is 662 g/mol. The highest BCUT2D eigenvalue weighted by Crippen LogP contribution is 2.35. The Morgan fingerprint density at radius 2 is 1.77 bits per heavy atom. The summed E-state index contributed by atoms with van der Waals surface area (Å²) in [5.41, 5.74) is 3.85. The number of nitrogens with zero attached hydrogens (tertiary/aromatic N) is 2. The predicted octanol–water partition coefficient (Wildman–Crippen LogP) is 5.80. The first-order chi connectivity index (χ1) is 23.4. The van der Waals surface area contributed by atoms with Gasteiger partial charge in [-0.2, -0.15) is 0 Å². The smallest absolute Gasteiger partial charge is 0.410 e. The molecule has 0 saturated carbocycles. The number of hydrogen-bond acceptors (Lipinski definition) is 9. The van der Waals surface area contributed by atoms with E-state index in [1.807, 2.05) is 73.7 Å². The third-order valence-electron chi connectivity index (χ3n) is 9.00. The fourth-order valence-corrected chi connectivity index (χ4v) is 6.25. The number of likely N-dealkylation sites (tertiary alicyclic amines) is 1. The molecular formula is C38H50N2O8. The van der Waals surface area contributed by atoms with Gasteiger partial charge in [0, 0.05) is 33.3 Å². The van der Waals surface area contributed by atoms with E-state index in [4.69, 9.17) is 28.4 Å². The van der Waals surface area contributed by atoms with Crippen molar-refractivity contribution in [3.8, 4) is 11.5 Å². The highest BCUT2D eigenvalue weighted by atomic mass is 16.6. The van der Waals surface area contributed by atoms with Crippen LogP contribution < -0.4 is 14.4 Å². The van der Waals surface area contributed by atoms with Gasteiger partial charge in [0.2, 0.25) is 0 Å². The normalized spacial score (nSPS) is 19.7. The Hall–Kier alpha value is -3.83. The average molecular weight is 663 g/mol. The van der Waals surface area contributed by atoms with Crippen LogP contribution in [0.1, 0.15) is 48.8 Å². The number of benzene rings is 3. The zero-order valence-electron chi connectivity index (χ0n) is 28.4. The number of ether oxygens (including phenoxy) is 6. The van der Waals surface area contributed by atoms with E-state index in [1.54, 1.807) is 19.1 Å². The third-order valence-corrected chi connectivity index (χ3v) is 9.00. The van der Waals surface area contributed by atoms with Crippen molar-refractivity contribution in [2.24, 2.45) is 0 Å². The second-order valence-corrected chi connectivity index (χ2v) is 12.5. The second-order valence-electron chi connectivity index (χ2n) is 12.5. The van der Waals surface area contributed by atoms with E-state index in [0.29, 0.717) is 26.4 Å². The van der Waals surface area contributed by atoms with Gasteiger partial charge in [-0.1, -0.05) is 48.5 Å². The van der Waals surface area contributed by atoms with Gasteiger partial charge < -0.3 is 43.3 Å². The van der Waals surface area contributed by atoms with Crippen molar-refractivity contribution in [3.05, 3.63) is 89.5 Å². The molecule has 2 aliphatic heterocycles. The molecule has 48 heavy (non-hydrogen) atoms. The number of rotatable bonds is 16. The van der Waals surface area contributed by atoms with Crippen molar-refractivity contribution in [2.45, 2.75) is 63.6 Å². The summed E-state index contributed by atoms with van der Waals surface area (Å²) in [6.07, 6.45) is 1.12. The van der Waals surface area contributed by atoms with Crippen LogP contribution >= 0.6 is 0 Å². The highest BCUT2D eigenvalue weighted by Gasteiger charge is 2.40. The van der Waals surface area contributed by atoms with Gasteiger partial charge in [-0.15, -0.1) is 0 Å². The SMILES string of the molecule is COCCCN1CCOc2ccc(CO[C@H]3CN(C(=O)OCc4ccccc4)C[C@@H](O)[C@@H]3c3ccc(OCCCC(C)OC)cc3)cc21. The van der Waals surface area contributed by atoms with Gasteiger partial charge in [-0.3, -0.25) is 0 Å². The van der Waals surface area contributed by atoms with E-state index in [-0.39, 0.29) is 31.7 Å². The van der Waals surface area contributed by atoms with Crippen molar-refractivity contribution in [1.82, 2.24) is 4.90 Å². The molecule has 1 unspecified atom stereocenters. The molecule has 3 aromatic rings. The lowest BCUT2D eigenvalue weighted by atomic mass is 9.84. The lowest BCUT2D eigenvalue weighted by molar-refractivity contribution is -0.0692. The van der Waals surface area contributed by atoms with E-state index in [0.717, 1.165) is 66.2 Å². The Kier molecular flexibility index (Phi) is 13.4. The maximum absolute atomic E-state index is 13.2. The topological polar surface area (TPSA) is 99.2 Å². The van der Waals surface area contributed by atoms with Gasteiger partial charge in [0.25, 0.3) is 0 Å². The van der Waals surface area contributed by atoms with Gasteiger partial charge in [-0.05, 0) is 67.1 Å². The van der Waals surface area contributed by atoms with Gasteiger partial charge in [0.1, 0.15) is 24.7 Å². The van der Waals surface area contributed by atoms with Crippen LogP contribution in [-0.2, 0) is 32.2 Å². The van der Waals surface area contributed by atoms with E-state index in [2.05, 4.69) is 11.0 Å². The van der Waals surface area contributed by atoms with Gasteiger partial charge in [-0.25, -0.2) is 4.79 Å². The molecule has 0 bridgehead atoms. The summed E-state index contributed by atoms with van der Waals surface area (Å²) in [5, 5.41) is 11.5. The molecule has 260 valence electrons. The molecule has 2 aliphatic rings. The van der Waals surface area contributed by atoms with Crippen molar-refractivity contribution in [2.75, 3.05) is 65.1 Å². The summed E-state index contributed by atoms with van der Waals surface area (Å²) in [5.74, 6) is 1.27. The largest absolute Gasteiger partial charge is 0.494 e. The van der Waals surface area contributed by atoms with Crippen molar-refractivity contribution < 1.29 is 38.3 Å². The molecule has 10 heteroatoms. The number of methoxy groups -OCH3 is 2. The third kappa shape index (κ3) is 9.85. The Morgan fingerprint density at radius 3 is 2.54 bits per heavy atom. The summed E-state index contributed by atoms with van der Waals surface area (Å²) in [6.45, 7) is 6.56. The standard InChI is InChI=1S/C38H50N2O8/c1-28(44-3)9-7-21-45-32-15-13-31(14-16-32)37-34(41)24-40(38(42)48-26-29-10-5-4-6-11-29)25-36(37)47-27-30-12-17-35-33(23-30)39(19-22-46-35)18-8-20-43-2/h4-6,10-17,23,28,34,36-37,41H,7-9,18-22,24-27H2,1-3H3/t28?,34-,36+,37+/m1/s1. The number of carbonyl (C=O) groups excluding carboxylic acids is 1. The zero-order chi connectivity index (χ0) is 33.7. The van der Waals surface area contributed by atoms with Gasteiger partial charge in [0.05, 0.1) is 56.8 Å². The van der Waals surface area contributed by atoms with Crippen molar-refractivity contribution in [1.29, 1.82) is 0 Å². The summed E-state index contributed by atoms with van der Waals surface area (Å²) < 4.78 is 34.7. The maximum atomic E-state index is 13.2. The molecule has 1 fully saturated rings. The van der Waals surface area contributed by atoms with E-state index in [1.165, 1.54) is 0 Å². The number of carbonyl (C=O) groups is 1. The summed E-state index contributed by atoms with van der Waals surface area (Å²) >= 11 is 0. The number of amides is 1. The molecule has 2 heterocycles. The lowest BCUT2D eigenvalue weighted by Gasteiger charge is -2.41. The quantitative estimate of drug-likeness (QED) is 0.191. The van der Waals surface area contributed by atoms with Gasteiger partial charge >= 0.3 is 6.09 Å². The fourth-order valence-electron chi connectivity index (χ4n) is 6.25. The molecule has 10 nitrogen and oxygen atoms in total. The minimum atomic E-state index is -0.858. The van der Waals surface area contributed by atoms with Gasteiger partial charge in [0.15, 0.2) is 0 Å². The van der Waals surface area contributed by atoms with Crippen LogP contribution in [0.5, 0.6) is 11.5 Å². The molecule has 1 N–H and O–H groups in total. The van der Waals surface area contributed by atoms with Crippen molar-refractivity contribution >= 4 is 11.8 Å². The molecular weight excluding hydrogens is 612 g/mol. The highest BCUT2D eigenvalue weighted by molar-refractivity contribution is 5.68. The lowest BCUT2D eigenvalue weighted by Crippen LogP contribution is -2.53. The first-order valence-corrected chi connectivity index (χ1v) is 17.0. The van der Waals surface area contributed by atoms with E-state index < -0.39 is 18.3 Å². The number of anilines is 1. The Bertz CT molecular complexity index is 1410. The first kappa shape index (κ1) is 35.5. The number of fused-ring (bicyclic) bond motifs is 1. The van der Waals surface area contributed by atoms with Crippen LogP contribution in [0.25, 0.3) is 0 Å². The predicted molar refractivity (Wildman–Crippen MR) is 184 cm³/mol. The number of aliphatic hydroxyl groups is 1. The maximum Gasteiger partial charge on any atom is 0.410 e. The van der Waals surface area contributed by atoms with E-state index in [9.17, 15) is 9.90 Å². The molecule has 0 spiro atoms. The minimum absolute atomic E-state index is 0.140. The van der Waals surface area contributed by atoms with Crippen LogP contribution in [0.4, 0.5) is 10.5 Å². The molecule has 4 atom stereocenters. The van der Waals surface area contributed by atoms with Crippen LogP contribution in [0.3, 0.4) is 0 Å². The van der Waals surface area contributed by atoms with Crippen LogP contribution in [0.15, 0.2) is 72.8 Å². The second kappa shape index (κ2) is 18.1. The molecule has 0 radical (unpaired) electrons. The Balaban J connectivity index is 1.28.